The summed E-state index contributed by atoms with van der Waals surface area (Å²) in [7, 11) is -3.86. The minimum Gasteiger partial charge on any atom is -0.406 e. The van der Waals surface area contributed by atoms with Gasteiger partial charge in [0, 0.05) is 32.4 Å². The molecule has 0 bridgehead atoms. The Bertz CT molecular complexity index is 1210. The van der Waals surface area contributed by atoms with Crippen molar-refractivity contribution in [3.8, 4) is 5.75 Å². The van der Waals surface area contributed by atoms with Crippen LogP contribution in [0.4, 0.5) is 30.6 Å². The molecular formula is C21H21F3N6O3S. The van der Waals surface area contributed by atoms with E-state index in [0.29, 0.717) is 30.5 Å². The molecule has 1 N–H and O–H groups in total. The zero-order valence-corrected chi connectivity index (χ0v) is 18.8. The molecule has 1 fully saturated rings. The van der Waals surface area contributed by atoms with Gasteiger partial charge in [-0.1, -0.05) is 6.07 Å². The molecule has 1 aromatic carbocycles. The van der Waals surface area contributed by atoms with E-state index >= 15 is 0 Å². The van der Waals surface area contributed by atoms with Gasteiger partial charge in [0.1, 0.15) is 11.6 Å². The van der Waals surface area contributed by atoms with Crippen LogP contribution in [0.1, 0.15) is 5.56 Å². The number of piperazine rings is 1. The topological polar surface area (TPSA) is 101 Å². The van der Waals surface area contributed by atoms with E-state index in [9.17, 15) is 21.6 Å². The molecule has 4 rings (SSSR count). The second-order valence-corrected chi connectivity index (χ2v) is 9.47. The number of benzene rings is 1. The molecule has 0 atom stereocenters. The second-order valence-electron chi connectivity index (χ2n) is 7.53. The molecule has 1 aliphatic heterocycles. The molecule has 0 spiro atoms. The highest BCUT2D eigenvalue weighted by Gasteiger charge is 2.32. The highest BCUT2D eigenvalue weighted by atomic mass is 32.2. The number of sulfonamides is 1. The Morgan fingerprint density at radius 2 is 1.59 bits per heavy atom. The fraction of sp³-hybridized carbons (Fsp3) is 0.286. The van der Waals surface area contributed by atoms with Gasteiger partial charge in [-0.15, -0.1) is 23.4 Å². The summed E-state index contributed by atoms with van der Waals surface area (Å²) in [6.07, 6.45) is -3.10. The Kier molecular flexibility index (Phi) is 6.57. The molecule has 180 valence electrons. The lowest BCUT2D eigenvalue weighted by atomic mass is 10.3. The monoisotopic (exact) mass is 494 g/mol. The van der Waals surface area contributed by atoms with E-state index in [2.05, 4.69) is 25.2 Å². The van der Waals surface area contributed by atoms with Crippen LogP contribution < -0.4 is 15.0 Å². The maximum atomic E-state index is 12.9. The third-order valence-corrected chi connectivity index (χ3v) is 6.99. The maximum absolute atomic E-state index is 12.9. The van der Waals surface area contributed by atoms with Crippen LogP contribution in [-0.2, 0) is 10.0 Å². The van der Waals surface area contributed by atoms with E-state index < -0.39 is 22.1 Å². The van der Waals surface area contributed by atoms with Crippen LogP contribution in [0.15, 0.2) is 59.6 Å². The number of alkyl halides is 3. The summed E-state index contributed by atoms with van der Waals surface area (Å²) in [5.74, 6) is 1.29. The summed E-state index contributed by atoms with van der Waals surface area (Å²) in [5, 5.41) is 11.4. The molecule has 0 radical (unpaired) electrons. The van der Waals surface area contributed by atoms with E-state index in [4.69, 9.17) is 0 Å². The van der Waals surface area contributed by atoms with Gasteiger partial charge < -0.3 is 15.0 Å². The quantitative estimate of drug-likeness (QED) is 0.557. The zero-order chi connectivity index (χ0) is 24.3. The summed E-state index contributed by atoms with van der Waals surface area (Å²) < 4.78 is 67.7. The first kappa shape index (κ1) is 23.7. The van der Waals surface area contributed by atoms with Crippen LogP contribution in [-0.4, -0.2) is 60.4 Å². The van der Waals surface area contributed by atoms with Gasteiger partial charge in [-0.05, 0) is 55.0 Å². The molecule has 1 aliphatic rings. The van der Waals surface area contributed by atoms with Gasteiger partial charge in [0.05, 0.1) is 4.90 Å². The fourth-order valence-electron chi connectivity index (χ4n) is 3.35. The van der Waals surface area contributed by atoms with Crippen LogP contribution in [0.3, 0.4) is 0 Å². The summed E-state index contributed by atoms with van der Waals surface area (Å²) in [6.45, 7) is 3.10. The lowest BCUT2D eigenvalue weighted by Crippen LogP contribution is -2.49. The van der Waals surface area contributed by atoms with E-state index in [0.717, 1.165) is 29.8 Å². The second kappa shape index (κ2) is 9.43. The first-order valence-electron chi connectivity index (χ1n) is 10.2. The predicted molar refractivity (Wildman–Crippen MR) is 118 cm³/mol. The molecule has 13 heteroatoms. The van der Waals surface area contributed by atoms with Crippen LogP contribution in [0, 0.1) is 6.92 Å². The van der Waals surface area contributed by atoms with Gasteiger partial charge in [-0.2, -0.15) is 4.31 Å². The van der Waals surface area contributed by atoms with Crippen LogP contribution in [0.2, 0.25) is 0 Å². The number of hydrogen-bond acceptors (Lipinski definition) is 8. The average molecular weight is 494 g/mol. The van der Waals surface area contributed by atoms with Gasteiger partial charge in [-0.3, -0.25) is 0 Å². The highest BCUT2D eigenvalue weighted by Crippen LogP contribution is 2.26. The van der Waals surface area contributed by atoms with E-state index in [-0.39, 0.29) is 18.0 Å². The van der Waals surface area contributed by atoms with Crippen molar-refractivity contribution in [1.29, 1.82) is 0 Å². The Morgan fingerprint density at radius 3 is 2.15 bits per heavy atom. The van der Waals surface area contributed by atoms with Crippen molar-refractivity contribution in [2.24, 2.45) is 0 Å². The number of aryl methyl sites for hydroxylation is 1. The third kappa shape index (κ3) is 5.72. The van der Waals surface area contributed by atoms with Gasteiger partial charge in [0.15, 0.2) is 11.6 Å². The van der Waals surface area contributed by atoms with Crippen LogP contribution in [0.5, 0.6) is 5.75 Å². The number of pyridine rings is 1. The number of aromatic nitrogens is 3. The Hall–Kier alpha value is -3.45. The SMILES string of the molecule is Cc1ccc(Nc2ccc(N3CCN(S(=O)(=O)c4ccc(OC(F)(F)F)cc4)CC3)nn2)nc1. The van der Waals surface area contributed by atoms with Crippen LogP contribution >= 0.6 is 0 Å². The largest absolute Gasteiger partial charge is 0.573 e. The summed E-state index contributed by atoms with van der Waals surface area (Å²) in [6, 6.07) is 11.5. The lowest BCUT2D eigenvalue weighted by molar-refractivity contribution is -0.274. The van der Waals surface area contributed by atoms with Crippen molar-refractivity contribution < 1.29 is 26.3 Å². The Balaban J connectivity index is 1.35. The Morgan fingerprint density at radius 1 is 0.912 bits per heavy atom. The third-order valence-electron chi connectivity index (χ3n) is 5.08. The Labute approximate surface area is 194 Å². The molecule has 0 saturated carbocycles. The number of hydrogen-bond donors (Lipinski definition) is 1. The number of anilines is 3. The number of nitrogens with one attached hydrogen (secondary N) is 1. The summed E-state index contributed by atoms with van der Waals surface area (Å²) in [4.78, 5) is 6.06. The number of ether oxygens (including phenoxy) is 1. The summed E-state index contributed by atoms with van der Waals surface area (Å²) in [5.41, 5.74) is 1.04. The lowest BCUT2D eigenvalue weighted by Gasteiger charge is -2.34. The molecule has 3 heterocycles. The van der Waals surface area contributed by atoms with E-state index in [1.165, 1.54) is 4.31 Å². The molecule has 34 heavy (non-hydrogen) atoms. The zero-order valence-electron chi connectivity index (χ0n) is 18.0. The summed E-state index contributed by atoms with van der Waals surface area (Å²) >= 11 is 0. The van der Waals surface area contributed by atoms with E-state index in [1.54, 1.807) is 18.3 Å². The first-order valence-corrected chi connectivity index (χ1v) is 11.7. The van der Waals surface area contributed by atoms with Crippen molar-refractivity contribution in [2.45, 2.75) is 18.2 Å². The molecule has 3 aromatic rings. The molecule has 1 saturated heterocycles. The van der Waals surface area contributed by atoms with Gasteiger partial charge >= 0.3 is 6.36 Å². The van der Waals surface area contributed by atoms with Crippen LogP contribution in [0.25, 0.3) is 0 Å². The van der Waals surface area contributed by atoms with E-state index in [1.807, 2.05) is 24.0 Å². The maximum Gasteiger partial charge on any atom is 0.573 e. The fourth-order valence-corrected chi connectivity index (χ4v) is 4.78. The molecule has 2 aromatic heterocycles. The number of rotatable bonds is 6. The van der Waals surface area contributed by atoms with Crippen molar-refractivity contribution in [3.63, 3.8) is 0 Å². The molecule has 0 unspecified atom stereocenters. The van der Waals surface area contributed by atoms with Crippen molar-refractivity contribution >= 4 is 27.5 Å². The number of nitrogens with zero attached hydrogens (tertiary/aromatic N) is 5. The van der Waals surface area contributed by atoms with Crippen molar-refractivity contribution in [2.75, 3.05) is 36.4 Å². The molecule has 0 amide bonds. The molecule has 0 aliphatic carbocycles. The predicted octanol–water partition coefficient (Wildman–Crippen LogP) is 3.33. The molecule has 9 nitrogen and oxygen atoms in total. The standard InChI is InChI=1S/C21H21F3N6O3S/c1-15-2-7-18(25-14-15)26-19-8-9-20(28-27-19)29-10-12-30(13-11-29)34(31,32)17-5-3-16(4-6-17)33-21(22,23)24/h2-9,14H,10-13H2,1H3,(H,25,26,27). The van der Waals surface area contributed by atoms with Crippen molar-refractivity contribution in [3.05, 3.63) is 60.3 Å². The van der Waals surface area contributed by atoms with Gasteiger partial charge in [-0.25, -0.2) is 13.4 Å². The smallest absolute Gasteiger partial charge is 0.406 e. The minimum atomic E-state index is -4.84. The van der Waals surface area contributed by atoms with Gasteiger partial charge in [0.25, 0.3) is 0 Å². The van der Waals surface area contributed by atoms with Crippen molar-refractivity contribution in [1.82, 2.24) is 19.5 Å². The highest BCUT2D eigenvalue weighted by molar-refractivity contribution is 7.89. The first-order chi connectivity index (χ1) is 16.1. The van der Waals surface area contributed by atoms with Gasteiger partial charge in [0.2, 0.25) is 10.0 Å². The minimum absolute atomic E-state index is 0.101. The molecular weight excluding hydrogens is 473 g/mol. The normalized spacial score (nSPS) is 15.2. The average Bonchev–Trinajstić information content (AvgIpc) is 2.80. The number of halogens is 3.